The van der Waals surface area contributed by atoms with Crippen LogP contribution in [-0.2, 0) is 4.79 Å². The summed E-state index contributed by atoms with van der Waals surface area (Å²) in [6.45, 7) is 3.87. The van der Waals surface area contributed by atoms with Crippen molar-refractivity contribution < 1.29 is 9.90 Å². The molecular weight excluding hydrogens is 204 g/mol. The lowest BCUT2D eigenvalue weighted by Gasteiger charge is -2.30. The summed E-state index contributed by atoms with van der Waals surface area (Å²) in [5.41, 5.74) is -0.810. The van der Waals surface area contributed by atoms with E-state index in [-0.39, 0.29) is 11.8 Å². The number of nitrogens with one attached hydrogen (secondary N) is 1. The van der Waals surface area contributed by atoms with Gasteiger partial charge in [-0.15, -0.1) is 0 Å². The van der Waals surface area contributed by atoms with Gasteiger partial charge in [-0.1, -0.05) is 0 Å². The highest BCUT2D eigenvalue weighted by atomic mass is 16.3. The normalized spacial score (nSPS) is 33.1. The molecule has 3 atom stereocenters. The van der Waals surface area contributed by atoms with E-state index in [4.69, 9.17) is 0 Å². The largest absolute Gasteiger partial charge is 0.389 e. The van der Waals surface area contributed by atoms with E-state index in [0.29, 0.717) is 18.6 Å². The van der Waals surface area contributed by atoms with Crippen molar-refractivity contribution in [3.8, 4) is 0 Å². The van der Waals surface area contributed by atoms with Crippen LogP contribution in [0.15, 0.2) is 0 Å². The molecule has 0 aromatic carbocycles. The molecule has 0 aromatic heterocycles. The number of fused-ring (bicyclic) bond motifs is 2. The Bertz CT molecular complexity index is 285. The molecular formula is C12H22N2O2. The summed E-state index contributed by atoms with van der Waals surface area (Å²) >= 11 is 0. The molecule has 0 saturated carbocycles. The van der Waals surface area contributed by atoms with Gasteiger partial charge in [0.2, 0.25) is 5.91 Å². The zero-order valence-electron chi connectivity index (χ0n) is 10.4. The maximum Gasteiger partial charge on any atom is 0.227 e. The fourth-order valence-electron chi connectivity index (χ4n) is 3.04. The number of carbonyl (C=O) groups is 1. The molecule has 2 aliphatic rings. The summed E-state index contributed by atoms with van der Waals surface area (Å²) in [7, 11) is 1.78. The van der Waals surface area contributed by atoms with Gasteiger partial charge in [-0.2, -0.15) is 0 Å². The van der Waals surface area contributed by atoms with E-state index in [0.717, 1.165) is 12.8 Å². The molecule has 2 heterocycles. The van der Waals surface area contributed by atoms with E-state index in [1.807, 2.05) is 0 Å². The van der Waals surface area contributed by atoms with Crippen LogP contribution in [0.1, 0.15) is 33.1 Å². The summed E-state index contributed by atoms with van der Waals surface area (Å²) in [5.74, 6) is 0.313. The molecule has 2 saturated heterocycles. The Labute approximate surface area is 97.0 Å². The van der Waals surface area contributed by atoms with Gasteiger partial charge in [0, 0.05) is 25.7 Å². The van der Waals surface area contributed by atoms with E-state index >= 15 is 0 Å². The van der Waals surface area contributed by atoms with Crippen molar-refractivity contribution in [1.29, 1.82) is 0 Å². The van der Waals surface area contributed by atoms with Crippen LogP contribution in [0.3, 0.4) is 0 Å². The predicted molar refractivity (Wildman–Crippen MR) is 62.0 cm³/mol. The van der Waals surface area contributed by atoms with Gasteiger partial charge in [-0.25, -0.2) is 0 Å². The third-order valence-electron chi connectivity index (χ3n) is 3.62. The molecule has 2 N–H and O–H groups in total. The second kappa shape index (κ2) is 4.00. The topological polar surface area (TPSA) is 52.6 Å². The highest BCUT2D eigenvalue weighted by molar-refractivity contribution is 5.80. The summed E-state index contributed by atoms with van der Waals surface area (Å²) in [5, 5.41) is 13.2. The molecule has 2 bridgehead atoms. The van der Waals surface area contributed by atoms with Crippen LogP contribution in [0.2, 0.25) is 0 Å². The smallest absolute Gasteiger partial charge is 0.227 e. The maximum absolute atomic E-state index is 12.2. The van der Waals surface area contributed by atoms with Crippen LogP contribution >= 0.6 is 0 Å². The Kier molecular flexibility index (Phi) is 2.97. The van der Waals surface area contributed by atoms with E-state index in [9.17, 15) is 9.90 Å². The van der Waals surface area contributed by atoms with E-state index in [1.54, 1.807) is 25.8 Å². The summed E-state index contributed by atoms with van der Waals surface area (Å²) < 4.78 is 0. The van der Waals surface area contributed by atoms with Crippen molar-refractivity contribution in [3.05, 3.63) is 0 Å². The lowest BCUT2D eigenvalue weighted by atomic mass is 9.88. The third kappa shape index (κ3) is 2.38. The molecule has 4 heteroatoms. The van der Waals surface area contributed by atoms with Crippen molar-refractivity contribution >= 4 is 5.91 Å². The second-order valence-electron chi connectivity index (χ2n) is 5.90. The average Bonchev–Trinajstić information content (AvgIpc) is 2.74. The van der Waals surface area contributed by atoms with Gasteiger partial charge in [-0.3, -0.25) is 4.79 Å². The fraction of sp³-hybridized carbons (Fsp3) is 0.917. The molecule has 0 spiro atoms. The van der Waals surface area contributed by atoms with Crippen LogP contribution in [0.4, 0.5) is 0 Å². The van der Waals surface area contributed by atoms with E-state index in [1.165, 1.54) is 6.42 Å². The number of hydrogen-bond donors (Lipinski definition) is 2. The SMILES string of the molecule is CN(CC(C)(C)O)C(=O)C1CC2CCC1N2. The van der Waals surface area contributed by atoms with E-state index in [2.05, 4.69) is 5.32 Å². The number of nitrogens with zero attached hydrogens (tertiary/aromatic N) is 1. The van der Waals surface area contributed by atoms with E-state index < -0.39 is 5.60 Å². The lowest BCUT2D eigenvalue weighted by molar-refractivity contribution is -0.137. The minimum Gasteiger partial charge on any atom is -0.389 e. The Morgan fingerprint density at radius 3 is 2.62 bits per heavy atom. The minimum atomic E-state index is -0.810. The Morgan fingerprint density at radius 1 is 1.50 bits per heavy atom. The zero-order chi connectivity index (χ0) is 11.9. The Morgan fingerprint density at radius 2 is 2.19 bits per heavy atom. The molecule has 3 unspecified atom stereocenters. The van der Waals surface area contributed by atoms with Crippen LogP contribution in [0, 0.1) is 5.92 Å². The first-order valence-electron chi connectivity index (χ1n) is 6.10. The van der Waals surface area contributed by atoms with Gasteiger partial charge in [-0.05, 0) is 33.1 Å². The van der Waals surface area contributed by atoms with Crippen LogP contribution < -0.4 is 5.32 Å². The number of rotatable bonds is 3. The predicted octanol–water partition coefficient (Wildman–Crippen LogP) is 0.356. The zero-order valence-corrected chi connectivity index (χ0v) is 10.4. The first-order valence-corrected chi connectivity index (χ1v) is 6.10. The average molecular weight is 226 g/mol. The van der Waals surface area contributed by atoms with Crippen LogP contribution in [0.5, 0.6) is 0 Å². The van der Waals surface area contributed by atoms with Crippen molar-refractivity contribution in [1.82, 2.24) is 10.2 Å². The van der Waals surface area contributed by atoms with Gasteiger partial charge < -0.3 is 15.3 Å². The fourth-order valence-corrected chi connectivity index (χ4v) is 3.04. The van der Waals surface area contributed by atoms with Crippen molar-refractivity contribution in [3.63, 3.8) is 0 Å². The first kappa shape index (κ1) is 11.9. The Hall–Kier alpha value is -0.610. The molecule has 2 rings (SSSR count). The highest BCUT2D eigenvalue weighted by Gasteiger charge is 2.43. The van der Waals surface area contributed by atoms with Crippen molar-refractivity contribution in [2.75, 3.05) is 13.6 Å². The molecule has 0 aromatic rings. The summed E-state index contributed by atoms with van der Waals surface area (Å²) in [6, 6.07) is 0.927. The Balaban J connectivity index is 1.92. The molecule has 92 valence electrons. The monoisotopic (exact) mass is 226 g/mol. The van der Waals surface area contributed by atoms with Crippen molar-refractivity contribution in [2.24, 2.45) is 5.92 Å². The first-order chi connectivity index (χ1) is 7.37. The number of likely N-dealkylation sites (N-methyl/N-ethyl adjacent to an activating group) is 1. The number of carbonyl (C=O) groups excluding carboxylic acids is 1. The molecule has 4 nitrogen and oxygen atoms in total. The van der Waals surface area contributed by atoms with Gasteiger partial charge in [0.1, 0.15) is 0 Å². The van der Waals surface area contributed by atoms with Gasteiger partial charge in [0.15, 0.2) is 0 Å². The second-order valence-corrected chi connectivity index (χ2v) is 5.90. The third-order valence-corrected chi connectivity index (χ3v) is 3.62. The lowest BCUT2D eigenvalue weighted by Crippen LogP contribution is -2.44. The van der Waals surface area contributed by atoms with Gasteiger partial charge in [0.05, 0.1) is 11.5 Å². The maximum atomic E-state index is 12.2. The quantitative estimate of drug-likeness (QED) is 0.730. The molecule has 2 aliphatic heterocycles. The van der Waals surface area contributed by atoms with Gasteiger partial charge >= 0.3 is 0 Å². The van der Waals surface area contributed by atoms with Crippen LogP contribution in [-0.4, -0.2) is 47.2 Å². The highest BCUT2D eigenvalue weighted by Crippen LogP contribution is 2.34. The molecule has 16 heavy (non-hydrogen) atoms. The van der Waals surface area contributed by atoms with Crippen molar-refractivity contribution in [2.45, 2.75) is 50.8 Å². The number of aliphatic hydroxyl groups is 1. The summed E-state index contributed by atoms with van der Waals surface area (Å²) in [4.78, 5) is 13.9. The summed E-state index contributed by atoms with van der Waals surface area (Å²) in [6.07, 6.45) is 3.31. The van der Waals surface area contributed by atoms with Crippen LogP contribution in [0.25, 0.3) is 0 Å². The number of hydrogen-bond acceptors (Lipinski definition) is 3. The molecule has 2 fully saturated rings. The minimum absolute atomic E-state index is 0.131. The molecule has 1 amide bonds. The van der Waals surface area contributed by atoms with Gasteiger partial charge in [0.25, 0.3) is 0 Å². The number of amides is 1. The molecule has 0 aliphatic carbocycles. The standard InChI is InChI=1S/C12H22N2O2/c1-12(2,16)7-14(3)11(15)9-6-8-4-5-10(9)13-8/h8-10,13,16H,4-7H2,1-3H3. The molecule has 0 radical (unpaired) electrons.